The van der Waals surface area contributed by atoms with Crippen LogP contribution in [0.5, 0.6) is 0 Å². The van der Waals surface area contributed by atoms with Crippen molar-refractivity contribution in [3.8, 4) is 0 Å². The maximum absolute atomic E-state index is 11.1. The summed E-state index contributed by atoms with van der Waals surface area (Å²) in [5, 5.41) is 8.31. The predicted octanol–water partition coefficient (Wildman–Crippen LogP) is 0.167. The number of hydrogen-bond acceptors (Lipinski definition) is 4. The molecule has 0 spiro atoms. The van der Waals surface area contributed by atoms with E-state index in [4.69, 9.17) is 5.21 Å². The second-order valence-electron chi connectivity index (χ2n) is 2.25. The molecule has 0 aliphatic heterocycles. The van der Waals surface area contributed by atoms with Crippen LogP contribution in [-0.4, -0.2) is 19.9 Å². The van der Waals surface area contributed by atoms with Gasteiger partial charge in [-0.15, -0.1) is 0 Å². The average molecular weight is 201 g/mol. The Labute approximate surface area is 75.0 Å². The summed E-state index contributed by atoms with van der Waals surface area (Å²) in [5.74, 6) is 0. The first kappa shape index (κ1) is 9.85. The molecule has 0 amide bonds. The summed E-state index contributed by atoms with van der Waals surface area (Å²) in [7, 11) is -3.97. The van der Waals surface area contributed by atoms with Crippen molar-refractivity contribution >= 4 is 16.3 Å². The zero-order valence-corrected chi connectivity index (χ0v) is 7.28. The SMILES string of the molecule is O=Cc1ccccc1S(=O)(=O)NO. The number of benzene rings is 1. The van der Waals surface area contributed by atoms with Crippen LogP contribution in [0.25, 0.3) is 0 Å². The first-order valence-corrected chi connectivity index (χ1v) is 4.80. The van der Waals surface area contributed by atoms with E-state index in [1.807, 2.05) is 0 Å². The van der Waals surface area contributed by atoms with Gasteiger partial charge in [-0.2, -0.15) is 0 Å². The fraction of sp³-hybridized carbons (Fsp3) is 0. The number of carbonyl (C=O) groups excluding carboxylic acids is 1. The molecule has 0 aliphatic rings. The van der Waals surface area contributed by atoms with Crippen molar-refractivity contribution in [2.75, 3.05) is 0 Å². The Morgan fingerprint density at radius 1 is 1.31 bits per heavy atom. The largest absolute Gasteiger partial charge is 0.302 e. The van der Waals surface area contributed by atoms with Gasteiger partial charge in [0.2, 0.25) is 0 Å². The molecule has 1 aromatic rings. The van der Waals surface area contributed by atoms with Crippen LogP contribution >= 0.6 is 0 Å². The third kappa shape index (κ3) is 1.92. The Morgan fingerprint density at radius 2 is 1.92 bits per heavy atom. The number of sulfonamides is 1. The summed E-state index contributed by atoms with van der Waals surface area (Å²) in [4.78, 5) is 11.3. The number of rotatable bonds is 3. The minimum Gasteiger partial charge on any atom is -0.302 e. The zero-order valence-electron chi connectivity index (χ0n) is 6.47. The third-order valence-corrected chi connectivity index (χ3v) is 2.65. The number of nitrogens with one attached hydrogen (secondary N) is 1. The van der Waals surface area contributed by atoms with Gasteiger partial charge >= 0.3 is 0 Å². The fourth-order valence-electron chi connectivity index (χ4n) is 0.872. The monoisotopic (exact) mass is 201 g/mol. The zero-order chi connectivity index (χ0) is 9.90. The average Bonchev–Trinajstić information content (AvgIpc) is 2.18. The van der Waals surface area contributed by atoms with E-state index in [9.17, 15) is 13.2 Å². The molecule has 0 radical (unpaired) electrons. The highest BCUT2D eigenvalue weighted by Crippen LogP contribution is 2.12. The van der Waals surface area contributed by atoms with Gasteiger partial charge in [0.1, 0.15) is 0 Å². The topological polar surface area (TPSA) is 83.5 Å². The fourth-order valence-corrected chi connectivity index (χ4v) is 1.65. The van der Waals surface area contributed by atoms with Crippen LogP contribution in [0.4, 0.5) is 0 Å². The molecule has 0 aliphatic carbocycles. The lowest BCUT2D eigenvalue weighted by Gasteiger charge is -2.02. The number of hydrogen-bond donors (Lipinski definition) is 2. The van der Waals surface area contributed by atoms with Gasteiger partial charge in [0.15, 0.2) is 6.29 Å². The Kier molecular flexibility index (Phi) is 2.76. The Hall–Kier alpha value is -1.24. The highest BCUT2D eigenvalue weighted by atomic mass is 32.2. The first-order chi connectivity index (χ1) is 6.11. The second-order valence-corrected chi connectivity index (χ2v) is 3.88. The van der Waals surface area contributed by atoms with E-state index < -0.39 is 10.0 Å². The van der Waals surface area contributed by atoms with Gasteiger partial charge in [0.05, 0.1) is 4.90 Å². The lowest BCUT2D eigenvalue weighted by atomic mass is 10.2. The molecule has 6 heteroatoms. The second kappa shape index (κ2) is 3.65. The van der Waals surface area contributed by atoms with E-state index in [0.29, 0.717) is 6.29 Å². The Balaban J connectivity index is 3.37. The van der Waals surface area contributed by atoms with Crippen LogP contribution in [0.3, 0.4) is 0 Å². The molecule has 1 aromatic carbocycles. The minimum absolute atomic E-state index is 0.00375. The van der Waals surface area contributed by atoms with Crippen LogP contribution in [-0.2, 0) is 10.0 Å². The third-order valence-electron chi connectivity index (χ3n) is 1.46. The molecule has 0 atom stereocenters. The minimum atomic E-state index is -3.97. The van der Waals surface area contributed by atoms with Crippen molar-refractivity contribution in [3.05, 3.63) is 29.8 Å². The summed E-state index contributed by atoms with van der Waals surface area (Å²) in [6.45, 7) is 0. The lowest BCUT2D eigenvalue weighted by Crippen LogP contribution is -2.20. The molecule has 0 bridgehead atoms. The number of aldehydes is 1. The Morgan fingerprint density at radius 3 is 2.46 bits per heavy atom. The molecule has 0 heterocycles. The maximum Gasteiger partial charge on any atom is 0.262 e. The van der Waals surface area contributed by atoms with Crippen molar-refractivity contribution < 1.29 is 18.4 Å². The molecule has 1 rings (SSSR count). The van der Waals surface area contributed by atoms with E-state index >= 15 is 0 Å². The summed E-state index contributed by atoms with van der Waals surface area (Å²) >= 11 is 0. The predicted molar refractivity (Wildman–Crippen MR) is 43.9 cm³/mol. The molecule has 13 heavy (non-hydrogen) atoms. The van der Waals surface area contributed by atoms with Gasteiger partial charge in [0.25, 0.3) is 10.0 Å². The van der Waals surface area contributed by atoms with Gasteiger partial charge in [-0.1, -0.05) is 23.1 Å². The van der Waals surface area contributed by atoms with E-state index in [-0.39, 0.29) is 10.5 Å². The molecular formula is C7H7NO4S. The molecule has 0 aromatic heterocycles. The standard InChI is InChI=1S/C7H7NO4S/c9-5-6-3-1-2-4-7(6)13(11,12)8-10/h1-5,8,10H. The molecule has 0 saturated heterocycles. The van der Waals surface area contributed by atoms with E-state index in [0.717, 1.165) is 4.89 Å². The number of carbonyl (C=O) groups is 1. The van der Waals surface area contributed by atoms with E-state index in [1.165, 1.54) is 24.3 Å². The molecule has 0 saturated carbocycles. The molecule has 5 nitrogen and oxygen atoms in total. The normalized spacial score (nSPS) is 11.2. The van der Waals surface area contributed by atoms with Crippen molar-refractivity contribution in [2.45, 2.75) is 4.90 Å². The lowest BCUT2D eigenvalue weighted by molar-refractivity contribution is 0.112. The van der Waals surface area contributed by atoms with E-state index in [2.05, 4.69) is 0 Å². The molecule has 0 fully saturated rings. The van der Waals surface area contributed by atoms with Crippen molar-refractivity contribution in [3.63, 3.8) is 0 Å². The van der Waals surface area contributed by atoms with Crippen molar-refractivity contribution in [2.24, 2.45) is 0 Å². The molecule has 2 N–H and O–H groups in total. The highest BCUT2D eigenvalue weighted by molar-refractivity contribution is 7.89. The van der Waals surface area contributed by atoms with Gasteiger partial charge in [0, 0.05) is 5.56 Å². The molecular weight excluding hydrogens is 194 g/mol. The van der Waals surface area contributed by atoms with Gasteiger partial charge in [-0.25, -0.2) is 8.42 Å². The summed E-state index contributed by atoms with van der Waals surface area (Å²) < 4.78 is 22.1. The highest BCUT2D eigenvalue weighted by Gasteiger charge is 2.15. The summed E-state index contributed by atoms with van der Waals surface area (Å²) in [6.07, 6.45) is 0.407. The first-order valence-electron chi connectivity index (χ1n) is 3.32. The van der Waals surface area contributed by atoms with Crippen molar-refractivity contribution in [1.29, 1.82) is 0 Å². The van der Waals surface area contributed by atoms with Crippen LogP contribution < -0.4 is 4.89 Å². The summed E-state index contributed by atoms with van der Waals surface area (Å²) in [6, 6.07) is 5.55. The smallest absolute Gasteiger partial charge is 0.262 e. The van der Waals surface area contributed by atoms with Gasteiger partial charge in [-0.3, -0.25) is 4.79 Å². The molecule has 70 valence electrons. The van der Waals surface area contributed by atoms with E-state index in [1.54, 1.807) is 0 Å². The maximum atomic E-state index is 11.1. The summed E-state index contributed by atoms with van der Waals surface area (Å²) in [5.41, 5.74) is 0.00375. The van der Waals surface area contributed by atoms with Gasteiger partial charge in [-0.05, 0) is 6.07 Å². The van der Waals surface area contributed by atoms with Crippen LogP contribution in [0.15, 0.2) is 29.2 Å². The molecule has 0 unspecified atom stereocenters. The van der Waals surface area contributed by atoms with Gasteiger partial charge < -0.3 is 5.21 Å². The quantitative estimate of drug-likeness (QED) is 0.539. The van der Waals surface area contributed by atoms with Crippen molar-refractivity contribution in [1.82, 2.24) is 4.89 Å². The van der Waals surface area contributed by atoms with Crippen LogP contribution in [0.1, 0.15) is 10.4 Å². The van der Waals surface area contributed by atoms with Crippen LogP contribution in [0, 0.1) is 0 Å². The Bertz CT molecular complexity index is 412. The van der Waals surface area contributed by atoms with Crippen LogP contribution in [0.2, 0.25) is 0 Å².